The molecule has 0 spiro atoms. The van der Waals surface area contributed by atoms with E-state index < -0.39 is 0 Å². The van der Waals surface area contributed by atoms with Crippen LogP contribution < -0.4 is 10.6 Å². The minimum atomic E-state index is -0.249. The SMILES string of the molecule is CCN(Cc1ccc(C(N)=S)cc1Cl)c1cccc(F)c1. The molecule has 2 N–H and O–H groups in total. The third-order valence-corrected chi connectivity index (χ3v) is 3.84. The van der Waals surface area contributed by atoms with Crippen molar-refractivity contribution in [3.05, 3.63) is 64.4 Å². The number of thiocarbonyl (C=S) groups is 1. The predicted octanol–water partition coefficient (Wildman–Crippen LogP) is 4.14. The average molecular weight is 323 g/mol. The zero-order valence-electron chi connectivity index (χ0n) is 11.6. The first-order valence-electron chi connectivity index (χ1n) is 6.60. The van der Waals surface area contributed by atoms with E-state index in [-0.39, 0.29) is 5.82 Å². The van der Waals surface area contributed by atoms with Gasteiger partial charge in [-0.2, -0.15) is 0 Å². The summed E-state index contributed by atoms with van der Waals surface area (Å²) in [7, 11) is 0. The van der Waals surface area contributed by atoms with E-state index in [1.54, 1.807) is 12.1 Å². The highest BCUT2D eigenvalue weighted by Crippen LogP contribution is 2.23. The average Bonchev–Trinajstić information content (AvgIpc) is 2.45. The second-order valence-corrected chi connectivity index (χ2v) is 5.51. The van der Waals surface area contributed by atoms with Crippen LogP contribution in [0.15, 0.2) is 42.5 Å². The fourth-order valence-corrected chi connectivity index (χ4v) is 2.46. The van der Waals surface area contributed by atoms with Gasteiger partial charge in [-0.15, -0.1) is 0 Å². The van der Waals surface area contributed by atoms with E-state index in [4.69, 9.17) is 29.6 Å². The van der Waals surface area contributed by atoms with Gasteiger partial charge in [0, 0.05) is 29.4 Å². The standard InChI is InChI=1S/C16H16ClFN2S/c1-2-20(14-5-3-4-13(18)9-14)10-12-7-6-11(16(19)21)8-15(12)17/h3-9H,2,10H2,1H3,(H2,19,21). The van der Waals surface area contributed by atoms with Gasteiger partial charge < -0.3 is 10.6 Å². The van der Waals surface area contributed by atoms with Gasteiger partial charge in [0.2, 0.25) is 0 Å². The molecule has 0 aliphatic carbocycles. The first-order valence-corrected chi connectivity index (χ1v) is 7.38. The Hall–Kier alpha value is -1.65. The molecular weight excluding hydrogens is 307 g/mol. The molecule has 0 saturated carbocycles. The predicted molar refractivity (Wildman–Crippen MR) is 90.5 cm³/mol. The summed E-state index contributed by atoms with van der Waals surface area (Å²) in [6, 6.07) is 12.0. The number of anilines is 1. The third kappa shape index (κ3) is 3.93. The second-order valence-electron chi connectivity index (χ2n) is 4.66. The van der Waals surface area contributed by atoms with Crippen molar-refractivity contribution >= 4 is 34.5 Å². The molecule has 0 saturated heterocycles. The summed E-state index contributed by atoms with van der Waals surface area (Å²) in [5.41, 5.74) is 8.10. The van der Waals surface area contributed by atoms with Gasteiger partial charge in [0.25, 0.3) is 0 Å². The maximum atomic E-state index is 13.3. The number of nitrogens with zero attached hydrogens (tertiary/aromatic N) is 1. The lowest BCUT2D eigenvalue weighted by atomic mass is 10.1. The zero-order chi connectivity index (χ0) is 15.4. The van der Waals surface area contributed by atoms with Crippen LogP contribution in [0.25, 0.3) is 0 Å². The summed E-state index contributed by atoms with van der Waals surface area (Å²) >= 11 is 11.2. The number of benzene rings is 2. The Labute approximate surface area is 134 Å². The van der Waals surface area contributed by atoms with Crippen LogP contribution in [0, 0.1) is 5.82 Å². The molecule has 0 atom stereocenters. The maximum absolute atomic E-state index is 13.3. The molecule has 2 nitrogen and oxygen atoms in total. The van der Waals surface area contributed by atoms with Crippen LogP contribution in [0.3, 0.4) is 0 Å². The molecule has 0 unspecified atom stereocenters. The Balaban J connectivity index is 2.25. The minimum absolute atomic E-state index is 0.249. The molecule has 0 aliphatic heterocycles. The number of rotatable bonds is 5. The molecule has 21 heavy (non-hydrogen) atoms. The van der Waals surface area contributed by atoms with Crippen molar-refractivity contribution in [1.29, 1.82) is 0 Å². The Morgan fingerprint density at radius 2 is 2.05 bits per heavy atom. The molecule has 0 heterocycles. The minimum Gasteiger partial charge on any atom is -0.389 e. The second kappa shape index (κ2) is 6.87. The summed E-state index contributed by atoms with van der Waals surface area (Å²) in [4.78, 5) is 2.37. The number of hydrogen-bond donors (Lipinski definition) is 1. The van der Waals surface area contributed by atoms with Gasteiger partial charge in [-0.25, -0.2) is 4.39 Å². The van der Waals surface area contributed by atoms with Crippen LogP contribution >= 0.6 is 23.8 Å². The Bertz CT molecular complexity index is 660. The summed E-state index contributed by atoms with van der Waals surface area (Å²) in [6.07, 6.45) is 0. The molecule has 0 bridgehead atoms. The normalized spacial score (nSPS) is 10.4. The fourth-order valence-electron chi connectivity index (χ4n) is 2.09. The highest BCUT2D eigenvalue weighted by molar-refractivity contribution is 7.80. The molecule has 2 aromatic rings. The van der Waals surface area contributed by atoms with Crippen LogP contribution in [0.5, 0.6) is 0 Å². The van der Waals surface area contributed by atoms with Crippen molar-refractivity contribution in [2.45, 2.75) is 13.5 Å². The smallest absolute Gasteiger partial charge is 0.125 e. The molecule has 2 aromatic carbocycles. The Morgan fingerprint density at radius 3 is 2.62 bits per heavy atom. The van der Waals surface area contributed by atoms with E-state index >= 15 is 0 Å². The van der Waals surface area contributed by atoms with Crippen LogP contribution in [0.4, 0.5) is 10.1 Å². The van der Waals surface area contributed by atoms with Crippen molar-refractivity contribution < 1.29 is 4.39 Å². The molecule has 0 fully saturated rings. The summed E-state index contributed by atoms with van der Waals surface area (Å²) in [6.45, 7) is 3.36. The van der Waals surface area contributed by atoms with Crippen LogP contribution in [-0.4, -0.2) is 11.5 Å². The van der Waals surface area contributed by atoms with E-state index in [0.717, 1.165) is 23.4 Å². The Kier molecular flexibility index (Phi) is 5.15. The van der Waals surface area contributed by atoms with Crippen LogP contribution in [0.1, 0.15) is 18.1 Å². The fraction of sp³-hybridized carbons (Fsp3) is 0.188. The van der Waals surface area contributed by atoms with E-state index in [1.165, 1.54) is 12.1 Å². The Morgan fingerprint density at radius 1 is 1.29 bits per heavy atom. The molecule has 0 amide bonds. The van der Waals surface area contributed by atoms with Gasteiger partial charge >= 0.3 is 0 Å². The van der Waals surface area contributed by atoms with Gasteiger partial charge in [-0.1, -0.05) is 42.0 Å². The van der Waals surface area contributed by atoms with Crippen molar-refractivity contribution in [1.82, 2.24) is 0 Å². The molecular formula is C16H16ClFN2S. The van der Waals surface area contributed by atoms with Crippen LogP contribution in [-0.2, 0) is 6.54 Å². The number of hydrogen-bond acceptors (Lipinski definition) is 2. The van der Waals surface area contributed by atoms with Gasteiger partial charge in [0.1, 0.15) is 10.8 Å². The highest BCUT2D eigenvalue weighted by atomic mass is 35.5. The number of halogens is 2. The molecule has 0 radical (unpaired) electrons. The van der Waals surface area contributed by atoms with Crippen molar-refractivity contribution in [2.24, 2.45) is 5.73 Å². The van der Waals surface area contributed by atoms with Crippen molar-refractivity contribution in [3.63, 3.8) is 0 Å². The van der Waals surface area contributed by atoms with Gasteiger partial charge in [0.15, 0.2) is 0 Å². The third-order valence-electron chi connectivity index (χ3n) is 3.25. The van der Waals surface area contributed by atoms with Crippen LogP contribution in [0.2, 0.25) is 5.02 Å². The monoisotopic (exact) mass is 322 g/mol. The summed E-state index contributed by atoms with van der Waals surface area (Å²) < 4.78 is 13.3. The first kappa shape index (κ1) is 15.7. The lowest BCUT2D eigenvalue weighted by molar-refractivity contribution is 0.626. The zero-order valence-corrected chi connectivity index (χ0v) is 13.2. The lowest BCUT2D eigenvalue weighted by Gasteiger charge is -2.24. The summed E-state index contributed by atoms with van der Waals surface area (Å²) in [5.74, 6) is -0.249. The molecule has 2 rings (SSSR count). The number of nitrogens with two attached hydrogens (primary N) is 1. The van der Waals surface area contributed by atoms with E-state index in [1.807, 2.05) is 30.0 Å². The van der Waals surface area contributed by atoms with Gasteiger partial charge in [-0.05, 0) is 36.8 Å². The van der Waals surface area contributed by atoms with E-state index in [9.17, 15) is 4.39 Å². The van der Waals surface area contributed by atoms with Gasteiger partial charge in [-0.3, -0.25) is 0 Å². The molecule has 110 valence electrons. The summed E-state index contributed by atoms with van der Waals surface area (Å²) in [5, 5.41) is 0.607. The quantitative estimate of drug-likeness (QED) is 0.839. The molecule has 5 heteroatoms. The lowest BCUT2D eigenvalue weighted by Crippen LogP contribution is -2.22. The largest absolute Gasteiger partial charge is 0.389 e. The maximum Gasteiger partial charge on any atom is 0.125 e. The van der Waals surface area contributed by atoms with Crippen molar-refractivity contribution in [3.8, 4) is 0 Å². The van der Waals surface area contributed by atoms with E-state index in [0.29, 0.717) is 16.6 Å². The van der Waals surface area contributed by atoms with E-state index in [2.05, 4.69) is 0 Å². The topological polar surface area (TPSA) is 29.3 Å². The molecule has 0 aliphatic rings. The van der Waals surface area contributed by atoms with Crippen molar-refractivity contribution in [2.75, 3.05) is 11.4 Å². The first-order chi connectivity index (χ1) is 10.0. The van der Waals surface area contributed by atoms with Gasteiger partial charge in [0.05, 0.1) is 0 Å². The highest BCUT2D eigenvalue weighted by Gasteiger charge is 2.10. The molecule has 0 aromatic heterocycles.